The van der Waals surface area contributed by atoms with Crippen LogP contribution in [0.15, 0.2) is 42.5 Å². The maximum absolute atomic E-state index is 12.5. The third-order valence-electron chi connectivity index (χ3n) is 4.68. The molecule has 0 bridgehead atoms. The van der Waals surface area contributed by atoms with E-state index in [1.165, 1.54) is 17.1 Å². The Balaban J connectivity index is 1.46. The lowest BCUT2D eigenvalue weighted by Crippen LogP contribution is -2.25. The molecule has 2 aliphatic rings. The number of nitrogens with one attached hydrogen (secondary N) is 1. The molecule has 134 valence electrons. The van der Waals surface area contributed by atoms with E-state index < -0.39 is 0 Å². The van der Waals surface area contributed by atoms with E-state index in [2.05, 4.69) is 17.4 Å². The first-order valence-electron chi connectivity index (χ1n) is 8.67. The van der Waals surface area contributed by atoms with Gasteiger partial charge in [-0.05, 0) is 47.9 Å². The SMILES string of the molecule is CC(=O)N1CCc2cc(NC(=O)c3ccc(C4SCCS4)cc3)ccc21. The average Bonchev–Trinajstić information content (AvgIpc) is 3.31. The number of carbonyl (C=O) groups excluding carboxylic acids is 2. The molecule has 0 unspecified atom stereocenters. The van der Waals surface area contributed by atoms with E-state index in [9.17, 15) is 9.59 Å². The molecule has 4 rings (SSSR count). The Hall–Kier alpha value is -1.92. The summed E-state index contributed by atoms with van der Waals surface area (Å²) in [4.78, 5) is 25.9. The van der Waals surface area contributed by atoms with Crippen LogP contribution in [-0.4, -0.2) is 29.9 Å². The fourth-order valence-corrected chi connectivity index (χ4v) is 6.21. The molecule has 4 nitrogen and oxygen atoms in total. The van der Waals surface area contributed by atoms with Crippen LogP contribution in [0, 0.1) is 0 Å². The van der Waals surface area contributed by atoms with Gasteiger partial charge in [0.25, 0.3) is 5.91 Å². The first-order valence-corrected chi connectivity index (χ1v) is 10.8. The molecule has 2 heterocycles. The fraction of sp³-hybridized carbons (Fsp3) is 0.300. The average molecular weight is 385 g/mol. The van der Waals surface area contributed by atoms with Gasteiger partial charge in [-0.3, -0.25) is 9.59 Å². The molecule has 1 N–H and O–H groups in total. The van der Waals surface area contributed by atoms with Crippen LogP contribution in [0.2, 0.25) is 0 Å². The van der Waals surface area contributed by atoms with Gasteiger partial charge < -0.3 is 10.2 Å². The minimum Gasteiger partial charge on any atom is -0.322 e. The van der Waals surface area contributed by atoms with Gasteiger partial charge in [-0.2, -0.15) is 0 Å². The molecule has 0 radical (unpaired) electrons. The van der Waals surface area contributed by atoms with E-state index in [0.29, 0.717) is 16.7 Å². The first-order chi connectivity index (χ1) is 12.6. The molecule has 2 amide bonds. The summed E-state index contributed by atoms with van der Waals surface area (Å²) in [7, 11) is 0. The van der Waals surface area contributed by atoms with Crippen molar-refractivity contribution < 1.29 is 9.59 Å². The molecule has 2 aliphatic heterocycles. The fourth-order valence-electron chi connectivity index (χ4n) is 3.35. The van der Waals surface area contributed by atoms with Crippen LogP contribution in [0.3, 0.4) is 0 Å². The molecule has 1 saturated heterocycles. The summed E-state index contributed by atoms with van der Waals surface area (Å²) in [5.41, 5.74) is 4.75. The maximum atomic E-state index is 12.5. The normalized spacial score (nSPS) is 16.6. The van der Waals surface area contributed by atoms with Crippen LogP contribution >= 0.6 is 23.5 Å². The zero-order valence-corrected chi connectivity index (χ0v) is 16.2. The van der Waals surface area contributed by atoms with Crippen molar-refractivity contribution in [1.29, 1.82) is 0 Å². The van der Waals surface area contributed by atoms with Gasteiger partial charge in [-0.25, -0.2) is 0 Å². The summed E-state index contributed by atoms with van der Waals surface area (Å²) in [6.07, 6.45) is 0.823. The quantitative estimate of drug-likeness (QED) is 0.856. The van der Waals surface area contributed by atoms with Crippen molar-refractivity contribution in [3.63, 3.8) is 0 Å². The minimum atomic E-state index is -0.107. The van der Waals surface area contributed by atoms with E-state index in [1.807, 2.05) is 53.9 Å². The predicted molar refractivity (Wildman–Crippen MR) is 110 cm³/mol. The van der Waals surface area contributed by atoms with Crippen molar-refractivity contribution in [2.75, 3.05) is 28.3 Å². The Bertz CT molecular complexity index is 845. The Morgan fingerprint density at radius 2 is 1.81 bits per heavy atom. The lowest BCUT2D eigenvalue weighted by Gasteiger charge is -2.15. The molecule has 2 aromatic rings. The zero-order chi connectivity index (χ0) is 18.1. The summed E-state index contributed by atoms with van der Waals surface area (Å²) >= 11 is 3.92. The number of hydrogen-bond acceptors (Lipinski definition) is 4. The lowest BCUT2D eigenvalue weighted by atomic mass is 10.1. The molecule has 0 saturated carbocycles. The van der Waals surface area contributed by atoms with Crippen molar-refractivity contribution in [3.8, 4) is 0 Å². The molecule has 2 aromatic carbocycles. The van der Waals surface area contributed by atoms with Gasteiger partial charge in [0, 0.05) is 41.9 Å². The summed E-state index contributed by atoms with van der Waals surface area (Å²) in [6.45, 7) is 2.29. The molecule has 0 aromatic heterocycles. The van der Waals surface area contributed by atoms with Crippen LogP contribution in [0.5, 0.6) is 0 Å². The molecule has 0 aliphatic carbocycles. The second-order valence-corrected chi connectivity index (χ2v) is 9.14. The van der Waals surface area contributed by atoms with Crippen LogP contribution in [0.4, 0.5) is 11.4 Å². The van der Waals surface area contributed by atoms with Crippen LogP contribution in [-0.2, 0) is 11.2 Å². The van der Waals surface area contributed by atoms with Gasteiger partial charge >= 0.3 is 0 Å². The minimum absolute atomic E-state index is 0.0548. The van der Waals surface area contributed by atoms with Gasteiger partial charge in [0.1, 0.15) is 0 Å². The first kappa shape index (κ1) is 17.5. The summed E-state index contributed by atoms with van der Waals surface area (Å²) < 4.78 is 0.494. The number of carbonyl (C=O) groups is 2. The number of rotatable bonds is 3. The molecule has 26 heavy (non-hydrogen) atoms. The van der Waals surface area contributed by atoms with Crippen LogP contribution in [0.1, 0.15) is 33.0 Å². The third kappa shape index (κ3) is 3.48. The van der Waals surface area contributed by atoms with Gasteiger partial charge in [-0.1, -0.05) is 12.1 Å². The van der Waals surface area contributed by atoms with Crippen LogP contribution in [0.25, 0.3) is 0 Å². The smallest absolute Gasteiger partial charge is 0.255 e. The number of nitrogens with zero attached hydrogens (tertiary/aromatic N) is 1. The van der Waals surface area contributed by atoms with Crippen molar-refractivity contribution in [3.05, 3.63) is 59.2 Å². The van der Waals surface area contributed by atoms with Crippen molar-refractivity contribution in [1.82, 2.24) is 0 Å². The van der Waals surface area contributed by atoms with E-state index in [-0.39, 0.29) is 11.8 Å². The largest absolute Gasteiger partial charge is 0.322 e. The highest BCUT2D eigenvalue weighted by molar-refractivity contribution is 8.19. The zero-order valence-electron chi connectivity index (χ0n) is 14.5. The van der Waals surface area contributed by atoms with E-state index in [4.69, 9.17) is 0 Å². The number of anilines is 2. The topological polar surface area (TPSA) is 49.4 Å². The molecule has 0 atom stereocenters. The number of thioether (sulfide) groups is 2. The highest BCUT2D eigenvalue weighted by Crippen LogP contribution is 2.45. The number of fused-ring (bicyclic) bond motifs is 1. The second-order valence-electron chi connectivity index (χ2n) is 6.41. The Morgan fingerprint density at radius 1 is 1.08 bits per heavy atom. The standard InChI is InChI=1S/C20H20N2O2S2/c1-13(23)22-9-8-16-12-17(6-7-18(16)22)21-19(24)14-2-4-15(5-3-14)20-25-10-11-26-20/h2-7,12,20H,8-11H2,1H3,(H,21,24). The van der Waals surface area contributed by atoms with E-state index in [1.54, 1.807) is 11.8 Å². The Labute approximate surface area is 161 Å². The maximum Gasteiger partial charge on any atom is 0.255 e. The van der Waals surface area contributed by atoms with Crippen LogP contribution < -0.4 is 10.2 Å². The third-order valence-corrected chi connectivity index (χ3v) is 7.78. The molecule has 6 heteroatoms. The number of amides is 2. The van der Waals surface area contributed by atoms with Gasteiger partial charge in [0.2, 0.25) is 5.91 Å². The molecule has 1 fully saturated rings. The van der Waals surface area contributed by atoms with Gasteiger partial charge in [0.05, 0.1) is 4.58 Å². The Morgan fingerprint density at radius 3 is 2.50 bits per heavy atom. The number of hydrogen-bond donors (Lipinski definition) is 1. The summed E-state index contributed by atoms with van der Waals surface area (Å²) in [6, 6.07) is 13.6. The summed E-state index contributed by atoms with van der Waals surface area (Å²) in [5, 5.41) is 2.97. The second kappa shape index (κ2) is 7.37. The lowest BCUT2D eigenvalue weighted by molar-refractivity contribution is -0.116. The monoisotopic (exact) mass is 384 g/mol. The Kier molecular flexibility index (Phi) is 4.96. The van der Waals surface area contributed by atoms with Crippen molar-refractivity contribution in [2.45, 2.75) is 17.9 Å². The molecule has 0 spiro atoms. The molecular formula is C20H20N2O2S2. The van der Waals surface area contributed by atoms with E-state index in [0.717, 1.165) is 23.4 Å². The van der Waals surface area contributed by atoms with Crippen molar-refractivity contribution >= 4 is 46.7 Å². The predicted octanol–water partition coefficient (Wildman–Crippen LogP) is 4.33. The summed E-state index contributed by atoms with van der Waals surface area (Å²) in [5.74, 6) is 2.33. The van der Waals surface area contributed by atoms with Gasteiger partial charge in [0.15, 0.2) is 0 Å². The highest BCUT2D eigenvalue weighted by Gasteiger charge is 2.22. The van der Waals surface area contributed by atoms with Crippen molar-refractivity contribution in [2.24, 2.45) is 0 Å². The van der Waals surface area contributed by atoms with Gasteiger partial charge in [-0.15, -0.1) is 23.5 Å². The highest BCUT2D eigenvalue weighted by atomic mass is 32.2. The molecular weight excluding hydrogens is 364 g/mol. The number of benzene rings is 2. The van der Waals surface area contributed by atoms with E-state index >= 15 is 0 Å².